The summed E-state index contributed by atoms with van der Waals surface area (Å²) in [6.45, 7) is 5.64. The molecule has 1 aliphatic heterocycles. The van der Waals surface area contributed by atoms with Gasteiger partial charge < -0.3 is 9.42 Å². The molecule has 2 aromatic rings. The van der Waals surface area contributed by atoms with E-state index in [1.54, 1.807) is 0 Å². The zero-order chi connectivity index (χ0) is 16.0. The van der Waals surface area contributed by atoms with Crippen LogP contribution in [0.15, 0.2) is 22.0 Å². The molecule has 2 atom stereocenters. The molecule has 0 spiro atoms. The average Bonchev–Trinajstić information content (AvgIpc) is 3.27. The van der Waals surface area contributed by atoms with Crippen molar-refractivity contribution in [1.29, 1.82) is 0 Å². The van der Waals surface area contributed by atoms with Crippen molar-refractivity contribution < 1.29 is 9.32 Å². The second-order valence-electron chi connectivity index (χ2n) is 7.02. The van der Waals surface area contributed by atoms with Crippen LogP contribution in [-0.4, -0.2) is 34.0 Å². The fraction of sp³-hybridized carbons (Fsp3) is 0.588. The van der Waals surface area contributed by atoms with Gasteiger partial charge in [-0.2, -0.15) is 4.98 Å². The van der Waals surface area contributed by atoms with Crippen LogP contribution in [0.3, 0.4) is 0 Å². The second-order valence-corrected chi connectivity index (χ2v) is 7.97. The molecular formula is C17H21N3O2S. The quantitative estimate of drug-likeness (QED) is 0.864. The van der Waals surface area contributed by atoms with Crippen LogP contribution in [0.1, 0.15) is 60.4 Å². The van der Waals surface area contributed by atoms with E-state index < -0.39 is 0 Å². The molecule has 1 saturated heterocycles. The molecule has 0 unspecified atom stereocenters. The highest BCUT2D eigenvalue weighted by Gasteiger charge is 2.54. The van der Waals surface area contributed by atoms with E-state index in [-0.39, 0.29) is 17.2 Å². The SMILES string of the molecule is CC(C)c1nc([C@@]23CCC[C@@H]2CN(C(=O)c2cccs2)C3)no1. The van der Waals surface area contributed by atoms with Gasteiger partial charge in [0.05, 0.1) is 10.3 Å². The van der Waals surface area contributed by atoms with Crippen LogP contribution < -0.4 is 0 Å². The maximum atomic E-state index is 12.7. The molecule has 1 amide bonds. The number of likely N-dealkylation sites (tertiary alicyclic amines) is 1. The van der Waals surface area contributed by atoms with Crippen molar-refractivity contribution >= 4 is 17.2 Å². The number of amides is 1. The lowest BCUT2D eigenvalue weighted by molar-refractivity contribution is 0.0781. The first-order chi connectivity index (χ1) is 11.1. The normalized spacial score (nSPS) is 26.9. The zero-order valence-corrected chi connectivity index (χ0v) is 14.3. The van der Waals surface area contributed by atoms with E-state index in [1.165, 1.54) is 17.8 Å². The first-order valence-corrected chi connectivity index (χ1v) is 9.15. The summed E-state index contributed by atoms with van der Waals surface area (Å²) in [4.78, 5) is 20.2. The number of carbonyl (C=O) groups is 1. The van der Waals surface area contributed by atoms with Crippen molar-refractivity contribution in [2.75, 3.05) is 13.1 Å². The highest BCUT2D eigenvalue weighted by Crippen LogP contribution is 2.49. The van der Waals surface area contributed by atoms with E-state index in [4.69, 9.17) is 4.52 Å². The molecule has 1 aliphatic carbocycles. The fourth-order valence-electron chi connectivity index (χ4n) is 4.04. The van der Waals surface area contributed by atoms with Gasteiger partial charge in [-0.1, -0.05) is 31.5 Å². The predicted molar refractivity (Wildman–Crippen MR) is 87.6 cm³/mol. The van der Waals surface area contributed by atoms with E-state index in [9.17, 15) is 4.79 Å². The van der Waals surface area contributed by atoms with Crippen molar-refractivity contribution in [3.63, 3.8) is 0 Å². The largest absolute Gasteiger partial charge is 0.339 e. The summed E-state index contributed by atoms with van der Waals surface area (Å²) in [5.74, 6) is 2.33. The minimum absolute atomic E-state index is 0.108. The van der Waals surface area contributed by atoms with Gasteiger partial charge in [0.2, 0.25) is 5.89 Å². The Bertz CT molecular complexity index is 709. The molecule has 2 aromatic heterocycles. The van der Waals surface area contributed by atoms with Gasteiger partial charge in [0, 0.05) is 19.0 Å². The van der Waals surface area contributed by atoms with E-state index in [2.05, 4.69) is 24.0 Å². The van der Waals surface area contributed by atoms with Gasteiger partial charge in [-0.05, 0) is 30.2 Å². The average molecular weight is 331 g/mol. The van der Waals surface area contributed by atoms with Crippen molar-refractivity contribution in [3.8, 4) is 0 Å². The van der Waals surface area contributed by atoms with E-state index >= 15 is 0 Å². The smallest absolute Gasteiger partial charge is 0.263 e. The summed E-state index contributed by atoms with van der Waals surface area (Å²) in [6.07, 6.45) is 3.36. The van der Waals surface area contributed by atoms with Crippen LogP contribution in [0.5, 0.6) is 0 Å². The highest BCUT2D eigenvalue weighted by molar-refractivity contribution is 7.12. The van der Waals surface area contributed by atoms with Crippen LogP contribution in [0.25, 0.3) is 0 Å². The number of carbonyl (C=O) groups excluding carboxylic acids is 1. The van der Waals surface area contributed by atoms with Gasteiger partial charge in [0.25, 0.3) is 5.91 Å². The lowest BCUT2D eigenvalue weighted by Gasteiger charge is -2.24. The van der Waals surface area contributed by atoms with Gasteiger partial charge in [-0.15, -0.1) is 11.3 Å². The van der Waals surface area contributed by atoms with Crippen LogP contribution in [0, 0.1) is 5.92 Å². The Balaban J connectivity index is 1.63. The number of hydrogen-bond acceptors (Lipinski definition) is 5. The van der Waals surface area contributed by atoms with Crippen LogP contribution in [-0.2, 0) is 5.41 Å². The van der Waals surface area contributed by atoms with Gasteiger partial charge in [-0.3, -0.25) is 4.79 Å². The number of aromatic nitrogens is 2. The summed E-state index contributed by atoms with van der Waals surface area (Å²) >= 11 is 1.51. The molecule has 0 N–H and O–H groups in total. The number of rotatable bonds is 3. The highest BCUT2D eigenvalue weighted by atomic mass is 32.1. The zero-order valence-electron chi connectivity index (χ0n) is 13.5. The third-order valence-corrected chi connectivity index (χ3v) is 6.13. The first kappa shape index (κ1) is 14.9. The molecule has 0 radical (unpaired) electrons. The predicted octanol–water partition coefficient (Wildman–Crippen LogP) is 3.45. The summed E-state index contributed by atoms with van der Waals surface area (Å²) in [7, 11) is 0. The minimum Gasteiger partial charge on any atom is -0.339 e. The van der Waals surface area contributed by atoms with Crippen molar-refractivity contribution in [2.45, 2.75) is 44.4 Å². The molecule has 2 fully saturated rings. The molecule has 4 rings (SSSR count). The van der Waals surface area contributed by atoms with Crippen LogP contribution >= 0.6 is 11.3 Å². The number of thiophene rings is 1. The lowest BCUT2D eigenvalue weighted by atomic mass is 9.80. The minimum atomic E-state index is -0.108. The first-order valence-electron chi connectivity index (χ1n) is 8.27. The molecule has 5 nitrogen and oxygen atoms in total. The summed E-state index contributed by atoms with van der Waals surface area (Å²) in [6, 6.07) is 3.83. The molecule has 6 heteroatoms. The molecule has 23 heavy (non-hydrogen) atoms. The van der Waals surface area contributed by atoms with E-state index in [0.29, 0.717) is 18.4 Å². The maximum absolute atomic E-state index is 12.7. The Morgan fingerprint density at radius 3 is 3.09 bits per heavy atom. The molecule has 122 valence electrons. The van der Waals surface area contributed by atoms with Crippen LogP contribution in [0.4, 0.5) is 0 Å². The summed E-state index contributed by atoms with van der Waals surface area (Å²) in [5, 5.41) is 6.24. The van der Waals surface area contributed by atoms with Crippen molar-refractivity contribution in [3.05, 3.63) is 34.1 Å². The Hall–Kier alpha value is -1.69. The lowest BCUT2D eigenvalue weighted by Crippen LogP contribution is -2.35. The maximum Gasteiger partial charge on any atom is 0.263 e. The van der Waals surface area contributed by atoms with Gasteiger partial charge in [0.1, 0.15) is 0 Å². The van der Waals surface area contributed by atoms with E-state index in [0.717, 1.165) is 30.1 Å². The molecule has 3 heterocycles. The third-order valence-electron chi connectivity index (χ3n) is 5.27. The Morgan fingerprint density at radius 1 is 1.52 bits per heavy atom. The molecule has 0 bridgehead atoms. The Kier molecular flexibility index (Phi) is 3.52. The van der Waals surface area contributed by atoms with Crippen molar-refractivity contribution in [1.82, 2.24) is 15.0 Å². The summed E-state index contributed by atoms with van der Waals surface area (Å²) < 4.78 is 5.45. The molecule has 0 aromatic carbocycles. The monoisotopic (exact) mass is 331 g/mol. The Morgan fingerprint density at radius 2 is 2.39 bits per heavy atom. The van der Waals surface area contributed by atoms with Crippen LogP contribution in [0.2, 0.25) is 0 Å². The standard InChI is InChI=1S/C17H21N3O2S/c1-11(2)14-18-16(19-22-14)17-7-3-5-12(17)9-20(10-17)15(21)13-6-4-8-23-13/h4,6,8,11-12H,3,5,7,9-10H2,1-2H3/t12-,17-/m1/s1. The van der Waals surface area contributed by atoms with Gasteiger partial charge in [0.15, 0.2) is 5.82 Å². The second kappa shape index (κ2) is 5.44. The van der Waals surface area contributed by atoms with Gasteiger partial charge in [-0.25, -0.2) is 0 Å². The Labute approximate surface area is 139 Å². The van der Waals surface area contributed by atoms with E-state index in [1.807, 2.05) is 22.4 Å². The topological polar surface area (TPSA) is 59.2 Å². The fourth-order valence-corrected chi connectivity index (χ4v) is 4.73. The van der Waals surface area contributed by atoms with Crippen molar-refractivity contribution in [2.24, 2.45) is 5.92 Å². The van der Waals surface area contributed by atoms with Gasteiger partial charge >= 0.3 is 0 Å². The third kappa shape index (κ3) is 2.31. The molecule has 2 aliphatic rings. The number of fused-ring (bicyclic) bond motifs is 1. The molecule has 1 saturated carbocycles. The number of nitrogens with zero attached hydrogens (tertiary/aromatic N) is 3. The summed E-state index contributed by atoms with van der Waals surface area (Å²) in [5.41, 5.74) is -0.108. The molecular weight excluding hydrogens is 310 g/mol. The number of hydrogen-bond donors (Lipinski definition) is 0.